The molecule has 0 aromatic heterocycles. The maximum Gasteiger partial charge on any atom is 0.223 e. The van der Waals surface area contributed by atoms with E-state index in [0.717, 1.165) is 0 Å². The second kappa shape index (κ2) is 4.25. The van der Waals surface area contributed by atoms with Crippen LogP contribution in [0.1, 0.15) is 33.6 Å². The monoisotopic (exact) mass is 186 g/mol. The van der Waals surface area contributed by atoms with E-state index < -0.39 is 5.41 Å². The summed E-state index contributed by atoms with van der Waals surface area (Å²) in [6.45, 7) is 5.45. The Morgan fingerprint density at radius 2 is 1.77 bits per heavy atom. The van der Waals surface area contributed by atoms with Gasteiger partial charge in [0.2, 0.25) is 11.8 Å². The van der Waals surface area contributed by atoms with Gasteiger partial charge in [-0.25, -0.2) is 0 Å². The molecule has 0 saturated heterocycles. The fraction of sp³-hybridized carbons (Fsp3) is 0.778. The molecule has 0 heterocycles. The van der Waals surface area contributed by atoms with Crippen LogP contribution in [-0.2, 0) is 9.59 Å². The van der Waals surface area contributed by atoms with Crippen LogP contribution in [0.5, 0.6) is 0 Å². The fourth-order valence-corrected chi connectivity index (χ4v) is 0.962. The lowest BCUT2D eigenvalue weighted by molar-refractivity contribution is -0.129. The average Bonchev–Trinajstić information content (AvgIpc) is 1.99. The number of hydrogen-bond donors (Lipinski definition) is 2. The highest BCUT2D eigenvalue weighted by atomic mass is 16.1. The Morgan fingerprint density at radius 1 is 1.31 bits per heavy atom. The molecule has 1 unspecified atom stereocenters. The number of carbonyl (C=O) groups excluding carboxylic acids is 2. The molecule has 0 aliphatic heterocycles. The third kappa shape index (κ3) is 3.44. The SMILES string of the molecule is CC(CCC(N)=O)C(C)(C)C(N)=O. The highest BCUT2D eigenvalue weighted by Crippen LogP contribution is 2.29. The second-order valence-corrected chi connectivity index (χ2v) is 3.99. The predicted octanol–water partition coefficient (Wildman–Crippen LogP) is 0.399. The van der Waals surface area contributed by atoms with Crippen LogP contribution >= 0.6 is 0 Å². The van der Waals surface area contributed by atoms with Gasteiger partial charge in [0.15, 0.2) is 0 Å². The number of hydrogen-bond acceptors (Lipinski definition) is 2. The molecule has 1 atom stereocenters. The van der Waals surface area contributed by atoms with Crippen LogP contribution in [-0.4, -0.2) is 11.8 Å². The summed E-state index contributed by atoms with van der Waals surface area (Å²) in [5, 5.41) is 0. The molecule has 0 spiro atoms. The molecule has 0 rings (SSSR count). The molecule has 2 amide bonds. The zero-order valence-corrected chi connectivity index (χ0v) is 8.46. The zero-order valence-electron chi connectivity index (χ0n) is 8.46. The number of carbonyl (C=O) groups is 2. The third-order valence-electron chi connectivity index (χ3n) is 2.69. The van der Waals surface area contributed by atoms with Crippen molar-refractivity contribution in [2.24, 2.45) is 22.8 Å². The van der Waals surface area contributed by atoms with Crippen molar-refractivity contribution in [1.82, 2.24) is 0 Å². The minimum absolute atomic E-state index is 0.0671. The topological polar surface area (TPSA) is 86.2 Å². The predicted molar refractivity (Wildman–Crippen MR) is 50.6 cm³/mol. The minimum atomic E-state index is -0.574. The van der Waals surface area contributed by atoms with E-state index >= 15 is 0 Å². The van der Waals surface area contributed by atoms with Crippen LogP contribution in [0.25, 0.3) is 0 Å². The summed E-state index contributed by atoms with van der Waals surface area (Å²) >= 11 is 0. The van der Waals surface area contributed by atoms with Crippen molar-refractivity contribution in [3.05, 3.63) is 0 Å². The number of amides is 2. The van der Waals surface area contributed by atoms with E-state index in [-0.39, 0.29) is 17.7 Å². The van der Waals surface area contributed by atoms with Gasteiger partial charge in [-0.15, -0.1) is 0 Å². The maximum absolute atomic E-state index is 11.0. The van der Waals surface area contributed by atoms with Gasteiger partial charge in [-0.05, 0) is 12.3 Å². The van der Waals surface area contributed by atoms with Gasteiger partial charge in [-0.2, -0.15) is 0 Å². The summed E-state index contributed by atoms with van der Waals surface area (Å²) < 4.78 is 0. The van der Waals surface area contributed by atoms with Crippen molar-refractivity contribution in [1.29, 1.82) is 0 Å². The Kier molecular flexibility index (Phi) is 3.91. The van der Waals surface area contributed by atoms with E-state index in [1.807, 2.05) is 6.92 Å². The first kappa shape index (κ1) is 11.9. The van der Waals surface area contributed by atoms with Crippen molar-refractivity contribution < 1.29 is 9.59 Å². The molecule has 13 heavy (non-hydrogen) atoms. The van der Waals surface area contributed by atoms with Gasteiger partial charge in [0, 0.05) is 11.8 Å². The Balaban J connectivity index is 4.17. The first-order chi connectivity index (χ1) is 5.78. The summed E-state index contributed by atoms with van der Waals surface area (Å²) in [6, 6.07) is 0. The normalized spacial score (nSPS) is 13.8. The zero-order chi connectivity index (χ0) is 10.6. The lowest BCUT2D eigenvalue weighted by Crippen LogP contribution is -2.37. The Hall–Kier alpha value is -1.06. The van der Waals surface area contributed by atoms with E-state index in [2.05, 4.69) is 0 Å². The summed E-state index contributed by atoms with van der Waals surface area (Å²) in [7, 11) is 0. The summed E-state index contributed by atoms with van der Waals surface area (Å²) in [5.41, 5.74) is 9.65. The van der Waals surface area contributed by atoms with E-state index in [9.17, 15) is 9.59 Å². The maximum atomic E-state index is 11.0. The third-order valence-corrected chi connectivity index (χ3v) is 2.69. The van der Waals surface area contributed by atoms with Gasteiger partial charge in [-0.3, -0.25) is 9.59 Å². The van der Waals surface area contributed by atoms with Crippen LogP contribution in [0.4, 0.5) is 0 Å². The van der Waals surface area contributed by atoms with Gasteiger partial charge in [0.25, 0.3) is 0 Å². The second-order valence-electron chi connectivity index (χ2n) is 3.99. The Labute approximate surface area is 78.7 Å². The summed E-state index contributed by atoms with van der Waals surface area (Å²) in [5.74, 6) is -0.617. The first-order valence-electron chi connectivity index (χ1n) is 4.36. The Morgan fingerprint density at radius 3 is 2.08 bits per heavy atom. The van der Waals surface area contributed by atoms with Crippen molar-refractivity contribution >= 4 is 11.8 Å². The molecule has 0 bridgehead atoms. The fourth-order valence-electron chi connectivity index (χ4n) is 0.962. The van der Waals surface area contributed by atoms with E-state index in [0.29, 0.717) is 12.8 Å². The highest BCUT2D eigenvalue weighted by Gasteiger charge is 2.31. The molecule has 4 N–H and O–H groups in total. The van der Waals surface area contributed by atoms with Gasteiger partial charge in [-0.1, -0.05) is 20.8 Å². The highest BCUT2D eigenvalue weighted by molar-refractivity contribution is 5.80. The molecule has 4 heteroatoms. The molecular formula is C9H18N2O2. The van der Waals surface area contributed by atoms with E-state index in [1.165, 1.54) is 0 Å². The van der Waals surface area contributed by atoms with Crippen molar-refractivity contribution in [3.63, 3.8) is 0 Å². The molecule has 0 saturated carbocycles. The molecule has 0 aromatic carbocycles. The van der Waals surface area contributed by atoms with Crippen LogP contribution in [0.2, 0.25) is 0 Å². The van der Waals surface area contributed by atoms with Crippen LogP contribution in [0.15, 0.2) is 0 Å². The lowest BCUT2D eigenvalue weighted by atomic mass is 9.77. The molecular weight excluding hydrogens is 168 g/mol. The molecule has 0 fully saturated rings. The van der Waals surface area contributed by atoms with Crippen molar-refractivity contribution in [3.8, 4) is 0 Å². The standard InChI is InChI=1S/C9H18N2O2/c1-6(4-5-7(10)12)9(2,3)8(11)13/h6H,4-5H2,1-3H3,(H2,10,12)(H2,11,13). The van der Waals surface area contributed by atoms with Gasteiger partial charge < -0.3 is 11.5 Å². The first-order valence-corrected chi connectivity index (χ1v) is 4.36. The molecule has 76 valence electrons. The van der Waals surface area contributed by atoms with Crippen molar-refractivity contribution in [2.45, 2.75) is 33.6 Å². The smallest absolute Gasteiger partial charge is 0.223 e. The molecule has 0 aliphatic carbocycles. The molecule has 0 aromatic rings. The molecule has 4 nitrogen and oxygen atoms in total. The van der Waals surface area contributed by atoms with Gasteiger partial charge in [0.1, 0.15) is 0 Å². The van der Waals surface area contributed by atoms with Crippen molar-refractivity contribution in [2.75, 3.05) is 0 Å². The van der Waals surface area contributed by atoms with E-state index in [1.54, 1.807) is 13.8 Å². The van der Waals surface area contributed by atoms with Crippen LogP contribution < -0.4 is 11.5 Å². The summed E-state index contributed by atoms with van der Waals surface area (Å²) in [4.78, 5) is 21.5. The largest absolute Gasteiger partial charge is 0.370 e. The number of primary amides is 2. The quantitative estimate of drug-likeness (QED) is 0.651. The number of rotatable bonds is 5. The summed E-state index contributed by atoms with van der Waals surface area (Å²) in [6.07, 6.45) is 0.906. The van der Waals surface area contributed by atoms with Crippen LogP contribution in [0.3, 0.4) is 0 Å². The lowest BCUT2D eigenvalue weighted by Gasteiger charge is -2.27. The Bertz CT molecular complexity index is 212. The van der Waals surface area contributed by atoms with Gasteiger partial charge >= 0.3 is 0 Å². The average molecular weight is 186 g/mol. The molecule has 0 aliphatic rings. The van der Waals surface area contributed by atoms with E-state index in [4.69, 9.17) is 11.5 Å². The molecule has 0 radical (unpaired) electrons. The van der Waals surface area contributed by atoms with Crippen LogP contribution in [0, 0.1) is 11.3 Å². The number of nitrogens with two attached hydrogens (primary N) is 2. The minimum Gasteiger partial charge on any atom is -0.370 e. The van der Waals surface area contributed by atoms with Gasteiger partial charge in [0.05, 0.1) is 0 Å².